The molecule has 1 aromatic rings. The lowest BCUT2D eigenvalue weighted by atomic mass is 10.1. The summed E-state index contributed by atoms with van der Waals surface area (Å²) in [5, 5.41) is 3.13. The Balaban J connectivity index is 2.35. The van der Waals surface area contributed by atoms with Crippen molar-refractivity contribution in [1.29, 1.82) is 0 Å². The van der Waals surface area contributed by atoms with Gasteiger partial charge in [0.2, 0.25) is 5.91 Å². The molecule has 1 saturated heterocycles. The lowest BCUT2D eigenvalue weighted by molar-refractivity contribution is -0.116. The number of carbonyl (C=O) groups is 3. The number of hydrogen-bond donors (Lipinski definition) is 1. The van der Waals surface area contributed by atoms with E-state index >= 15 is 0 Å². The summed E-state index contributed by atoms with van der Waals surface area (Å²) in [5.41, 5.74) is 0.819. The van der Waals surface area contributed by atoms with Gasteiger partial charge in [-0.15, -0.1) is 11.3 Å². The third-order valence-corrected chi connectivity index (χ3v) is 5.04. The van der Waals surface area contributed by atoms with E-state index in [4.69, 9.17) is 9.47 Å². The molecule has 2 rings (SSSR count). The van der Waals surface area contributed by atoms with Gasteiger partial charge < -0.3 is 19.7 Å². The van der Waals surface area contributed by atoms with Gasteiger partial charge in [0.05, 0.1) is 30.3 Å². The van der Waals surface area contributed by atoms with Crippen LogP contribution in [0.25, 0.3) is 0 Å². The van der Waals surface area contributed by atoms with Gasteiger partial charge in [0.15, 0.2) is 0 Å². The zero-order valence-electron chi connectivity index (χ0n) is 14.8. The van der Waals surface area contributed by atoms with Crippen LogP contribution in [0.1, 0.15) is 52.3 Å². The molecule has 0 atom stereocenters. The predicted octanol–water partition coefficient (Wildman–Crippen LogP) is 2.44. The minimum absolute atomic E-state index is 0.146. The summed E-state index contributed by atoms with van der Waals surface area (Å²) < 4.78 is 10.4. The van der Waals surface area contributed by atoms with Crippen molar-refractivity contribution in [2.75, 3.05) is 38.2 Å². The summed E-state index contributed by atoms with van der Waals surface area (Å²) in [6.07, 6.45) is 1.05. The molecule has 1 aliphatic heterocycles. The fourth-order valence-corrected chi connectivity index (χ4v) is 3.76. The topological polar surface area (TPSA) is 84.9 Å². The first-order chi connectivity index (χ1) is 12.0. The predicted molar refractivity (Wildman–Crippen MR) is 95.3 cm³/mol. The Kier molecular flexibility index (Phi) is 6.95. The zero-order valence-corrected chi connectivity index (χ0v) is 15.7. The smallest absolute Gasteiger partial charge is 0.341 e. The lowest BCUT2D eigenvalue weighted by Crippen LogP contribution is -2.40. The van der Waals surface area contributed by atoms with Crippen molar-refractivity contribution < 1.29 is 23.9 Å². The van der Waals surface area contributed by atoms with Crippen molar-refractivity contribution in [2.45, 2.75) is 33.6 Å². The minimum atomic E-state index is -0.524. The average Bonchev–Trinajstić information content (AvgIpc) is 2.91. The molecule has 0 unspecified atom stereocenters. The van der Waals surface area contributed by atoms with Crippen molar-refractivity contribution in [3.05, 3.63) is 16.0 Å². The molecule has 0 bridgehead atoms. The van der Waals surface area contributed by atoms with Crippen LogP contribution < -0.4 is 5.32 Å². The minimum Gasteiger partial charge on any atom is -0.462 e. The van der Waals surface area contributed by atoms with Crippen LogP contribution in [0.2, 0.25) is 0 Å². The first-order valence-electron chi connectivity index (χ1n) is 8.46. The molecule has 0 saturated carbocycles. The molecule has 0 aromatic carbocycles. The van der Waals surface area contributed by atoms with Gasteiger partial charge in [0, 0.05) is 19.5 Å². The average molecular weight is 368 g/mol. The van der Waals surface area contributed by atoms with Crippen LogP contribution >= 0.6 is 11.3 Å². The number of morpholine rings is 1. The van der Waals surface area contributed by atoms with Gasteiger partial charge in [-0.05, 0) is 25.8 Å². The maximum absolute atomic E-state index is 12.8. The van der Waals surface area contributed by atoms with Crippen LogP contribution in [-0.2, 0) is 14.3 Å². The molecular formula is C17H24N2O5S. The molecule has 1 fully saturated rings. The van der Waals surface area contributed by atoms with Crippen LogP contribution in [0.15, 0.2) is 0 Å². The first-order valence-corrected chi connectivity index (χ1v) is 9.28. The number of amides is 2. The normalized spacial score (nSPS) is 14.3. The highest BCUT2D eigenvalue weighted by molar-refractivity contribution is 7.18. The molecule has 1 aromatic heterocycles. The second kappa shape index (κ2) is 8.96. The van der Waals surface area contributed by atoms with Crippen molar-refractivity contribution >= 4 is 34.1 Å². The van der Waals surface area contributed by atoms with Crippen LogP contribution in [0.4, 0.5) is 5.00 Å². The Bertz CT molecular complexity index is 650. The SMILES string of the molecule is CCCC(=O)Nc1sc(C(=O)N2CCOCC2)c(C)c1C(=O)OCC. The molecule has 8 heteroatoms. The van der Waals surface area contributed by atoms with Gasteiger partial charge >= 0.3 is 5.97 Å². The van der Waals surface area contributed by atoms with Crippen molar-refractivity contribution in [1.82, 2.24) is 4.90 Å². The highest BCUT2D eigenvalue weighted by Crippen LogP contribution is 2.35. The van der Waals surface area contributed by atoms with E-state index in [0.717, 1.165) is 11.3 Å². The maximum atomic E-state index is 12.8. The Morgan fingerprint density at radius 2 is 1.92 bits per heavy atom. The number of anilines is 1. The number of ether oxygens (including phenoxy) is 2. The molecule has 0 radical (unpaired) electrons. The Morgan fingerprint density at radius 1 is 1.24 bits per heavy atom. The molecule has 2 heterocycles. The summed E-state index contributed by atoms with van der Waals surface area (Å²) in [6, 6.07) is 0. The van der Waals surface area contributed by atoms with E-state index in [-0.39, 0.29) is 24.0 Å². The molecule has 138 valence electrons. The third kappa shape index (κ3) is 4.58. The fourth-order valence-electron chi connectivity index (χ4n) is 2.58. The van der Waals surface area contributed by atoms with Crippen LogP contribution in [0.5, 0.6) is 0 Å². The molecule has 1 aliphatic rings. The molecule has 0 spiro atoms. The monoisotopic (exact) mass is 368 g/mol. The Labute approximate surface area is 151 Å². The summed E-state index contributed by atoms with van der Waals surface area (Å²) >= 11 is 1.13. The highest BCUT2D eigenvalue weighted by atomic mass is 32.1. The van der Waals surface area contributed by atoms with E-state index in [9.17, 15) is 14.4 Å². The molecule has 7 nitrogen and oxygen atoms in total. The molecular weight excluding hydrogens is 344 g/mol. The quantitative estimate of drug-likeness (QED) is 0.780. The van der Waals surface area contributed by atoms with Crippen LogP contribution in [-0.4, -0.2) is 55.6 Å². The largest absolute Gasteiger partial charge is 0.462 e. The highest BCUT2D eigenvalue weighted by Gasteiger charge is 2.29. The molecule has 25 heavy (non-hydrogen) atoms. The Hall–Kier alpha value is -1.93. The second-order valence-corrected chi connectivity index (χ2v) is 6.70. The van der Waals surface area contributed by atoms with E-state index in [1.54, 1.807) is 18.7 Å². The summed E-state index contributed by atoms with van der Waals surface area (Å²) in [6.45, 7) is 7.59. The first kappa shape index (κ1) is 19.4. The standard InChI is InChI=1S/C17H24N2O5S/c1-4-6-12(20)18-15-13(17(22)24-5-2)11(3)14(25-15)16(21)19-7-9-23-10-8-19/h4-10H2,1-3H3,(H,18,20). The van der Waals surface area contributed by atoms with Gasteiger partial charge in [-0.25, -0.2) is 4.79 Å². The van der Waals surface area contributed by atoms with Gasteiger partial charge in [-0.2, -0.15) is 0 Å². The van der Waals surface area contributed by atoms with E-state index < -0.39 is 5.97 Å². The number of rotatable bonds is 6. The lowest BCUT2D eigenvalue weighted by Gasteiger charge is -2.26. The third-order valence-electron chi connectivity index (χ3n) is 3.85. The van der Waals surface area contributed by atoms with E-state index in [1.807, 2.05) is 6.92 Å². The summed E-state index contributed by atoms with van der Waals surface area (Å²) in [4.78, 5) is 39.2. The van der Waals surface area contributed by atoms with Gasteiger partial charge in [0.1, 0.15) is 5.00 Å². The van der Waals surface area contributed by atoms with Gasteiger partial charge in [-0.1, -0.05) is 6.92 Å². The number of hydrogen-bond acceptors (Lipinski definition) is 6. The van der Waals surface area contributed by atoms with E-state index in [2.05, 4.69) is 5.32 Å². The van der Waals surface area contributed by atoms with E-state index in [1.165, 1.54) is 0 Å². The van der Waals surface area contributed by atoms with Crippen LogP contribution in [0.3, 0.4) is 0 Å². The molecule has 0 aliphatic carbocycles. The van der Waals surface area contributed by atoms with E-state index in [0.29, 0.717) is 54.6 Å². The number of thiophene rings is 1. The van der Waals surface area contributed by atoms with Crippen molar-refractivity contribution in [2.24, 2.45) is 0 Å². The fraction of sp³-hybridized carbons (Fsp3) is 0.588. The number of nitrogens with one attached hydrogen (secondary N) is 1. The molecule has 1 N–H and O–H groups in total. The zero-order chi connectivity index (χ0) is 18.4. The number of esters is 1. The van der Waals surface area contributed by atoms with Gasteiger partial charge in [0.25, 0.3) is 5.91 Å². The summed E-state index contributed by atoms with van der Waals surface area (Å²) in [7, 11) is 0. The number of carbonyl (C=O) groups excluding carboxylic acids is 3. The Morgan fingerprint density at radius 3 is 2.52 bits per heavy atom. The van der Waals surface area contributed by atoms with Gasteiger partial charge in [-0.3, -0.25) is 9.59 Å². The second-order valence-electron chi connectivity index (χ2n) is 5.68. The van der Waals surface area contributed by atoms with Crippen molar-refractivity contribution in [3.8, 4) is 0 Å². The molecule has 2 amide bonds. The number of nitrogens with zero attached hydrogens (tertiary/aromatic N) is 1. The summed E-state index contributed by atoms with van der Waals surface area (Å²) in [5.74, 6) is -0.851. The van der Waals surface area contributed by atoms with Crippen LogP contribution in [0, 0.1) is 6.92 Å². The van der Waals surface area contributed by atoms with Crippen molar-refractivity contribution in [3.63, 3.8) is 0 Å². The maximum Gasteiger partial charge on any atom is 0.341 e.